The molecule has 168 valence electrons. The molecule has 2 amide bonds. The van der Waals surface area contributed by atoms with Crippen LogP contribution in [0.2, 0.25) is 5.02 Å². The fraction of sp³-hybridized carbons (Fsp3) is 0.280. The van der Waals surface area contributed by atoms with Crippen molar-refractivity contribution in [1.82, 2.24) is 14.7 Å². The molecule has 1 fully saturated rings. The Bertz CT molecular complexity index is 1330. The van der Waals surface area contributed by atoms with E-state index in [9.17, 15) is 14.4 Å². The van der Waals surface area contributed by atoms with Gasteiger partial charge < -0.3 is 0 Å². The number of carbonyl (C=O) groups excluding carboxylic acids is 2. The molecule has 3 heterocycles. The molecule has 3 aromatic rings. The number of hydrogen-bond donors (Lipinski definition) is 1. The number of nitrogens with one attached hydrogen (secondary N) is 1. The molecule has 0 atom stereocenters. The number of imide groups is 1. The number of aromatic amines is 1. The van der Waals surface area contributed by atoms with E-state index in [1.807, 2.05) is 6.07 Å². The monoisotopic (exact) mass is 463 g/mol. The predicted molar refractivity (Wildman–Crippen MR) is 125 cm³/mol. The van der Waals surface area contributed by atoms with Crippen molar-refractivity contribution in [3.8, 4) is 5.69 Å². The Hall–Kier alpha value is -3.45. The van der Waals surface area contributed by atoms with Crippen molar-refractivity contribution in [2.45, 2.75) is 45.1 Å². The first-order valence-corrected chi connectivity index (χ1v) is 11.5. The average molecular weight is 464 g/mol. The summed E-state index contributed by atoms with van der Waals surface area (Å²) in [5.74, 6) is -0.761. The van der Waals surface area contributed by atoms with Crippen molar-refractivity contribution in [2.75, 3.05) is 0 Å². The van der Waals surface area contributed by atoms with Crippen LogP contribution in [0.4, 0.5) is 0 Å². The van der Waals surface area contributed by atoms with E-state index in [0.29, 0.717) is 16.4 Å². The molecule has 8 heteroatoms. The third-order valence-corrected chi connectivity index (χ3v) is 6.63. The molecule has 7 nitrogen and oxygen atoms in total. The molecule has 1 aromatic carbocycles. The summed E-state index contributed by atoms with van der Waals surface area (Å²) in [5.41, 5.74) is 1.22. The van der Waals surface area contributed by atoms with Gasteiger partial charge in [0.15, 0.2) is 12.4 Å². The molecule has 2 aromatic heterocycles. The number of aromatic nitrogens is 3. The summed E-state index contributed by atoms with van der Waals surface area (Å²) in [4.78, 5) is 42.3. The first-order valence-electron chi connectivity index (χ1n) is 11.1. The minimum atomic E-state index is -0.407. The van der Waals surface area contributed by atoms with Gasteiger partial charge in [-0.1, -0.05) is 43.0 Å². The third kappa shape index (κ3) is 3.62. The molecule has 0 unspecified atom stereocenters. The highest BCUT2D eigenvalue weighted by Crippen LogP contribution is 2.34. The molecule has 5 rings (SSSR count). The zero-order valence-electron chi connectivity index (χ0n) is 18.3. The van der Waals surface area contributed by atoms with E-state index in [4.69, 9.17) is 11.6 Å². The quantitative estimate of drug-likeness (QED) is 0.475. The van der Waals surface area contributed by atoms with Crippen LogP contribution in [-0.4, -0.2) is 32.5 Å². The SMILES string of the molecule is Cc1[nH]n(-c2cccc(Cl)c2)c(=O)c1C1=C([n+]2ccccc2)C(=O)N(C2CCCCC2)C1=O. The number of hydrogen-bond acceptors (Lipinski definition) is 3. The normalized spacial score (nSPS) is 17.3. The van der Waals surface area contributed by atoms with Gasteiger partial charge in [-0.3, -0.25) is 24.4 Å². The van der Waals surface area contributed by atoms with Crippen molar-refractivity contribution in [1.29, 1.82) is 0 Å². The van der Waals surface area contributed by atoms with Crippen LogP contribution in [0.1, 0.15) is 43.4 Å². The summed E-state index contributed by atoms with van der Waals surface area (Å²) >= 11 is 6.12. The van der Waals surface area contributed by atoms with Crippen LogP contribution >= 0.6 is 11.6 Å². The maximum atomic E-state index is 13.8. The van der Waals surface area contributed by atoms with Gasteiger partial charge in [-0.15, -0.1) is 0 Å². The fourth-order valence-electron chi connectivity index (χ4n) is 4.86. The molecule has 0 bridgehead atoms. The number of rotatable bonds is 4. The van der Waals surface area contributed by atoms with Gasteiger partial charge in [0.1, 0.15) is 5.57 Å². The highest BCUT2D eigenvalue weighted by atomic mass is 35.5. The van der Waals surface area contributed by atoms with Crippen LogP contribution in [0.3, 0.4) is 0 Å². The smallest absolute Gasteiger partial charge is 0.295 e. The Morgan fingerprint density at radius 1 is 0.970 bits per heavy atom. The van der Waals surface area contributed by atoms with Crippen LogP contribution in [-0.2, 0) is 9.59 Å². The minimum Gasteiger partial charge on any atom is -0.295 e. The predicted octanol–water partition coefficient (Wildman–Crippen LogP) is 3.48. The average Bonchev–Trinajstić information content (AvgIpc) is 3.26. The fourth-order valence-corrected chi connectivity index (χ4v) is 5.04. The Morgan fingerprint density at radius 3 is 2.39 bits per heavy atom. The maximum absolute atomic E-state index is 13.8. The van der Waals surface area contributed by atoms with Gasteiger partial charge >= 0.3 is 5.91 Å². The van der Waals surface area contributed by atoms with E-state index < -0.39 is 11.5 Å². The number of carbonyl (C=O) groups is 2. The van der Waals surface area contributed by atoms with E-state index >= 15 is 0 Å². The van der Waals surface area contributed by atoms with Gasteiger partial charge in [0.2, 0.25) is 0 Å². The molecular formula is C25H24ClN4O3+. The summed E-state index contributed by atoms with van der Waals surface area (Å²) in [6, 6.07) is 12.2. The Kier molecular flexibility index (Phi) is 5.50. The molecule has 1 aliphatic heterocycles. The number of halogens is 1. The first-order chi connectivity index (χ1) is 16.0. The molecule has 2 aliphatic rings. The van der Waals surface area contributed by atoms with Crippen molar-refractivity contribution in [2.24, 2.45) is 0 Å². The van der Waals surface area contributed by atoms with Crippen LogP contribution in [0.15, 0.2) is 59.7 Å². The lowest BCUT2D eigenvalue weighted by Crippen LogP contribution is -2.45. The number of amides is 2. The van der Waals surface area contributed by atoms with Gasteiger partial charge in [-0.2, -0.15) is 4.57 Å². The summed E-state index contributed by atoms with van der Waals surface area (Å²) in [7, 11) is 0. The van der Waals surface area contributed by atoms with Crippen LogP contribution in [0, 0.1) is 6.92 Å². The van der Waals surface area contributed by atoms with Crippen LogP contribution < -0.4 is 10.1 Å². The van der Waals surface area contributed by atoms with E-state index in [-0.39, 0.29) is 28.8 Å². The zero-order chi connectivity index (χ0) is 23.1. The van der Waals surface area contributed by atoms with E-state index in [1.54, 1.807) is 60.3 Å². The number of benzene rings is 1. The lowest BCUT2D eigenvalue weighted by molar-refractivity contribution is -0.576. The molecule has 1 aliphatic carbocycles. The minimum absolute atomic E-state index is 0.140. The molecule has 33 heavy (non-hydrogen) atoms. The van der Waals surface area contributed by atoms with Gasteiger partial charge in [-0.05, 0) is 38.0 Å². The van der Waals surface area contributed by atoms with Crippen LogP contribution in [0.5, 0.6) is 0 Å². The highest BCUT2D eigenvalue weighted by Gasteiger charge is 2.49. The molecular weight excluding hydrogens is 440 g/mol. The van der Waals surface area contributed by atoms with Crippen molar-refractivity contribution in [3.63, 3.8) is 0 Å². The lowest BCUT2D eigenvalue weighted by Gasteiger charge is -2.29. The summed E-state index contributed by atoms with van der Waals surface area (Å²) in [6.07, 6.45) is 8.09. The number of H-pyrrole nitrogens is 1. The molecule has 0 saturated heterocycles. The molecule has 1 saturated carbocycles. The van der Waals surface area contributed by atoms with Crippen molar-refractivity contribution < 1.29 is 14.2 Å². The Labute approximate surface area is 195 Å². The molecule has 0 spiro atoms. The Morgan fingerprint density at radius 2 is 1.70 bits per heavy atom. The van der Waals surface area contributed by atoms with E-state index in [1.165, 1.54) is 9.58 Å². The zero-order valence-corrected chi connectivity index (χ0v) is 19.0. The second kappa shape index (κ2) is 8.48. The molecule has 0 radical (unpaired) electrons. The summed E-state index contributed by atoms with van der Waals surface area (Å²) in [6.45, 7) is 1.74. The number of nitrogens with zero attached hydrogens (tertiary/aromatic N) is 3. The van der Waals surface area contributed by atoms with Gasteiger partial charge in [0, 0.05) is 28.9 Å². The second-order valence-electron chi connectivity index (χ2n) is 8.51. The number of aryl methyl sites for hydroxylation is 1. The highest BCUT2D eigenvalue weighted by molar-refractivity contribution is 6.44. The third-order valence-electron chi connectivity index (χ3n) is 6.39. The van der Waals surface area contributed by atoms with Gasteiger partial charge in [0.25, 0.3) is 17.2 Å². The van der Waals surface area contributed by atoms with E-state index in [2.05, 4.69) is 5.10 Å². The largest absolute Gasteiger partial charge is 0.327 e. The second-order valence-corrected chi connectivity index (χ2v) is 8.95. The van der Waals surface area contributed by atoms with Gasteiger partial charge in [-0.25, -0.2) is 4.68 Å². The maximum Gasteiger partial charge on any atom is 0.327 e. The van der Waals surface area contributed by atoms with Crippen molar-refractivity contribution in [3.05, 3.63) is 81.5 Å². The number of pyridine rings is 1. The summed E-state index contributed by atoms with van der Waals surface area (Å²) < 4.78 is 2.99. The Balaban J connectivity index is 1.70. The standard InChI is InChI=1S/C25H23ClN4O3/c1-16-20(24(32)30(27-16)19-12-8-9-17(26)15-19)21-22(28-13-6-3-7-14-28)25(33)29(23(21)31)18-10-4-2-5-11-18/h3,6-9,12-15,18H,2,4-5,10-11H2,1H3/p+1. The van der Waals surface area contributed by atoms with Gasteiger partial charge in [0.05, 0.1) is 11.3 Å². The van der Waals surface area contributed by atoms with E-state index in [0.717, 1.165) is 32.1 Å². The van der Waals surface area contributed by atoms with Crippen LogP contribution in [0.25, 0.3) is 17.0 Å². The first kappa shape index (κ1) is 21.4. The molecule has 1 N–H and O–H groups in total. The summed E-state index contributed by atoms with van der Waals surface area (Å²) in [5, 5.41) is 3.54. The lowest BCUT2D eigenvalue weighted by atomic mass is 9.94. The van der Waals surface area contributed by atoms with Crippen molar-refractivity contribution >= 4 is 34.7 Å². The topological polar surface area (TPSA) is 79.1 Å².